The summed E-state index contributed by atoms with van der Waals surface area (Å²) in [5.41, 5.74) is 5.43. The van der Waals surface area contributed by atoms with Crippen LogP contribution in [0.15, 0.2) is 79.9 Å². The standard InChI is InChI=1S/C25H21BrFN3O4S/c1-2-32-22-12-17(11-19(26)24(22)33-14-16-7-9-18(27)10-8-16)13-28-30-23(31)15-35-25-29-20-5-3-4-6-21(20)34-25/h3-13H,2,14-15H2,1H3,(H,30,31)/b28-13-. The smallest absolute Gasteiger partial charge is 0.257 e. The highest BCUT2D eigenvalue weighted by Crippen LogP contribution is 2.37. The Balaban J connectivity index is 1.35. The Kier molecular flexibility index (Phi) is 8.38. The maximum Gasteiger partial charge on any atom is 0.257 e. The Labute approximate surface area is 213 Å². The zero-order chi connectivity index (χ0) is 24.6. The Bertz CT molecular complexity index is 1310. The topological polar surface area (TPSA) is 86.0 Å². The number of fused-ring (bicyclic) bond motifs is 1. The SMILES string of the molecule is CCOc1cc(/C=N\NC(=O)CSc2nc3ccccc3o2)cc(Br)c1OCc1ccc(F)cc1. The summed E-state index contributed by atoms with van der Waals surface area (Å²) in [6.45, 7) is 2.55. The van der Waals surface area contributed by atoms with E-state index in [4.69, 9.17) is 13.9 Å². The molecule has 1 aromatic heterocycles. The van der Waals surface area contributed by atoms with Crippen LogP contribution in [0.2, 0.25) is 0 Å². The summed E-state index contributed by atoms with van der Waals surface area (Å²) in [6, 6.07) is 17.1. The van der Waals surface area contributed by atoms with Crippen LogP contribution in [0.3, 0.4) is 0 Å². The molecule has 1 N–H and O–H groups in total. The number of nitrogens with one attached hydrogen (secondary N) is 1. The van der Waals surface area contributed by atoms with Crippen LogP contribution >= 0.6 is 27.7 Å². The van der Waals surface area contributed by atoms with E-state index in [9.17, 15) is 9.18 Å². The molecule has 4 aromatic rings. The molecule has 0 aliphatic heterocycles. The Morgan fingerprint density at radius 1 is 1.20 bits per heavy atom. The molecule has 0 bridgehead atoms. The number of thioether (sulfide) groups is 1. The van der Waals surface area contributed by atoms with Crippen LogP contribution < -0.4 is 14.9 Å². The molecule has 3 aromatic carbocycles. The van der Waals surface area contributed by atoms with E-state index in [2.05, 4.69) is 31.4 Å². The number of aromatic nitrogens is 1. The molecule has 180 valence electrons. The van der Waals surface area contributed by atoms with Crippen molar-refractivity contribution in [2.45, 2.75) is 18.8 Å². The third-order valence-electron chi connectivity index (χ3n) is 4.63. The summed E-state index contributed by atoms with van der Waals surface area (Å²) < 4.78 is 31.0. The van der Waals surface area contributed by atoms with Crippen molar-refractivity contribution < 1.29 is 23.1 Å². The van der Waals surface area contributed by atoms with Gasteiger partial charge >= 0.3 is 0 Å². The van der Waals surface area contributed by atoms with Crippen LogP contribution in [-0.4, -0.2) is 29.5 Å². The summed E-state index contributed by atoms with van der Waals surface area (Å²) in [5, 5.41) is 4.45. The molecule has 0 fully saturated rings. The molecule has 0 aliphatic rings. The van der Waals surface area contributed by atoms with Gasteiger partial charge in [0.25, 0.3) is 11.1 Å². The van der Waals surface area contributed by atoms with Gasteiger partial charge in [-0.1, -0.05) is 36.0 Å². The molecule has 10 heteroatoms. The number of hydrazone groups is 1. The number of oxazole rings is 1. The van der Waals surface area contributed by atoms with Crippen molar-refractivity contribution in [3.63, 3.8) is 0 Å². The summed E-state index contributed by atoms with van der Waals surface area (Å²) in [7, 11) is 0. The van der Waals surface area contributed by atoms with E-state index in [-0.39, 0.29) is 24.1 Å². The first-order valence-corrected chi connectivity index (χ1v) is 12.4. The lowest BCUT2D eigenvalue weighted by Gasteiger charge is -2.14. The van der Waals surface area contributed by atoms with Gasteiger partial charge in [0.05, 0.1) is 23.0 Å². The number of halogens is 2. The molecule has 0 aliphatic carbocycles. The number of nitrogens with zero attached hydrogens (tertiary/aromatic N) is 2. The predicted octanol–water partition coefficient (Wildman–Crippen LogP) is 5.95. The van der Waals surface area contributed by atoms with Gasteiger partial charge in [0, 0.05) is 0 Å². The normalized spacial score (nSPS) is 11.2. The third-order valence-corrected chi connectivity index (χ3v) is 6.05. The summed E-state index contributed by atoms with van der Waals surface area (Å²) >= 11 is 4.69. The number of hydrogen-bond acceptors (Lipinski definition) is 7. The zero-order valence-corrected chi connectivity index (χ0v) is 21.1. The first-order valence-electron chi connectivity index (χ1n) is 10.7. The van der Waals surface area contributed by atoms with E-state index in [1.165, 1.54) is 30.1 Å². The molecule has 1 amide bonds. The number of hydrogen-bond donors (Lipinski definition) is 1. The van der Waals surface area contributed by atoms with Crippen LogP contribution in [0.25, 0.3) is 11.1 Å². The van der Waals surface area contributed by atoms with Crippen molar-refractivity contribution in [3.05, 3.63) is 82.1 Å². The second-order valence-corrected chi connectivity index (χ2v) is 8.99. The van der Waals surface area contributed by atoms with Gasteiger partial charge in [-0.2, -0.15) is 5.10 Å². The van der Waals surface area contributed by atoms with Gasteiger partial charge in [-0.3, -0.25) is 4.79 Å². The molecule has 7 nitrogen and oxygen atoms in total. The average Bonchev–Trinajstić information content (AvgIpc) is 3.27. The number of para-hydroxylation sites is 2. The first-order chi connectivity index (χ1) is 17.0. The highest BCUT2D eigenvalue weighted by molar-refractivity contribution is 9.10. The number of amides is 1. The fourth-order valence-electron chi connectivity index (χ4n) is 3.05. The number of rotatable bonds is 10. The van der Waals surface area contributed by atoms with Crippen LogP contribution in [0.1, 0.15) is 18.1 Å². The van der Waals surface area contributed by atoms with Gasteiger partial charge in [-0.25, -0.2) is 14.8 Å². The molecule has 0 saturated carbocycles. The van der Waals surface area contributed by atoms with Crippen molar-refractivity contribution >= 4 is 50.9 Å². The molecule has 1 heterocycles. The third kappa shape index (κ3) is 6.83. The fourth-order valence-corrected chi connectivity index (χ4v) is 4.26. The average molecular weight is 558 g/mol. The Morgan fingerprint density at radius 3 is 2.77 bits per heavy atom. The van der Waals surface area contributed by atoms with Crippen molar-refractivity contribution in [1.82, 2.24) is 10.4 Å². The van der Waals surface area contributed by atoms with Crippen molar-refractivity contribution in [2.75, 3.05) is 12.4 Å². The van der Waals surface area contributed by atoms with Gasteiger partial charge in [0.1, 0.15) is 17.9 Å². The van der Waals surface area contributed by atoms with Crippen LogP contribution in [0, 0.1) is 5.82 Å². The van der Waals surface area contributed by atoms with Gasteiger partial charge in [-0.15, -0.1) is 0 Å². The van der Waals surface area contributed by atoms with E-state index in [1.54, 1.807) is 24.3 Å². The summed E-state index contributed by atoms with van der Waals surface area (Å²) in [4.78, 5) is 16.5. The number of benzene rings is 3. The molecule has 4 rings (SSSR count). The second kappa shape index (κ2) is 11.9. The van der Waals surface area contributed by atoms with E-state index in [1.807, 2.05) is 31.2 Å². The van der Waals surface area contributed by atoms with Gasteiger partial charge in [0.15, 0.2) is 17.1 Å². The van der Waals surface area contributed by atoms with Gasteiger partial charge < -0.3 is 13.9 Å². The van der Waals surface area contributed by atoms with Crippen LogP contribution in [-0.2, 0) is 11.4 Å². The quantitative estimate of drug-likeness (QED) is 0.147. The van der Waals surface area contributed by atoms with E-state index in [0.717, 1.165) is 11.1 Å². The largest absolute Gasteiger partial charge is 0.490 e. The van der Waals surface area contributed by atoms with Crippen molar-refractivity contribution in [2.24, 2.45) is 5.10 Å². The number of ether oxygens (including phenoxy) is 2. The van der Waals surface area contributed by atoms with E-state index >= 15 is 0 Å². The molecule has 0 spiro atoms. The lowest BCUT2D eigenvalue weighted by atomic mass is 10.2. The molecule has 0 radical (unpaired) electrons. The zero-order valence-electron chi connectivity index (χ0n) is 18.7. The van der Waals surface area contributed by atoms with Crippen LogP contribution in [0.5, 0.6) is 11.5 Å². The van der Waals surface area contributed by atoms with Crippen molar-refractivity contribution in [3.8, 4) is 11.5 Å². The van der Waals surface area contributed by atoms with E-state index < -0.39 is 0 Å². The molecule has 0 unspecified atom stereocenters. The highest BCUT2D eigenvalue weighted by Gasteiger charge is 2.13. The Morgan fingerprint density at radius 2 is 2.00 bits per heavy atom. The number of carbonyl (C=O) groups excluding carboxylic acids is 1. The molecule has 0 saturated heterocycles. The minimum absolute atomic E-state index is 0.105. The second-order valence-electron chi connectivity index (χ2n) is 7.21. The van der Waals surface area contributed by atoms with E-state index in [0.29, 0.717) is 38.9 Å². The minimum Gasteiger partial charge on any atom is -0.490 e. The Hall–Kier alpha value is -3.37. The number of carbonyl (C=O) groups is 1. The lowest BCUT2D eigenvalue weighted by molar-refractivity contribution is -0.118. The monoisotopic (exact) mass is 557 g/mol. The maximum absolute atomic E-state index is 13.1. The predicted molar refractivity (Wildman–Crippen MR) is 137 cm³/mol. The molecular formula is C25H21BrFN3O4S. The van der Waals surface area contributed by atoms with Crippen molar-refractivity contribution in [1.29, 1.82) is 0 Å². The maximum atomic E-state index is 13.1. The summed E-state index contributed by atoms with van der Waals surface area (Å²) in [6.07, 6.45) is 1.51. The van der Waals surface area contributed by atoms with Gasteiger partial charge in [0.2, 0.25) is 0 Å². The molecular weight excluding hydrogens is 537 g/mol. The first kappa shape index (κ1) is 24.7. The lowest BCUT2D eigenvalue weighted by Crippen LogP contribution is -2.19. The van der Waals surface area contributed by atoms with Crippen LogP contribution in [0.4, 0.5) is 4.39 Å². The minimum atomic E-state index is -0.301. The molecule has 0 atom stereocenters. The fraction of sp³-hybridized carbons (Fsp3) is 0.160. The summed E-state index contributed by atoms with van der Waals surface area (Å²) in [5.74, 6) is 0.548. The van der Waals surface area contributed by atoms with Gasteiger partial charge in [-0.05, 0) is 70.4 Å². The highest BCUT2D eigenvalue weighted by atomic mass is 79.9. The molecule has 35 heavy (non-hydrogen) atoms.